The molecule has 0 spiro atoms. The number of fused-ring (bicyclic) bond motifs is 1. The molecule has 150 valence electrons. The Balaban J connectivity index is 1.27. The summed E-state index contributed by atoms with van der Waals surface area (Å²) in [6.45, 7) is 7.81. The summed E-state index contributed by atoms with van der Waals surface area (Å²) in [5.74, 6) is 2.35. The molecule has 4 nitrogen and oxygen atoms in total. The quantitative estimate of drug-likeness (QED) is 0.780. The van der Waals surface area contributed by atoms with Crippen molar-refractivity contribution in [1.29, 1.82) is 0 Å². The second-order valence-electron chi connectivity index (χ2n) is 8.63. The van der Waals surface area contributed by atoms with E-state index in [9.17, 15) is 4.79 Å². The van der Waals surface area contributed by atoms with Gasteiger partial charge in [-0.25, -0.2) is 0 Å². The fourth-order valence-electron chi connectivity index (χ4n) is 4.54. The minimum absolute atomic E-state index is 0.116. The number of hydrogen-bond donors (Lipinski definition) is 0. The first kappa shape index (κ1) is 19.3. The molecule has 1 amide bonds. The van der Waals surface area contributed by atoms with E-state index in [-0.39, 0.29) is 12.5 Å². The Hall–Kier alpha value is -2.07. The lowest BCUT2D eigenvalue weighted by Gasteiger charge is -2.37. The summed E-state index contributed by atoms with van der Waals surface area (Å²) < 4.78 is 5.82. The van der Waals surface area contributed by atoms with Gasteiger partial charge in [0.15, 0.2) is 6.61 Å². The summed E-state index contributed by atoms with van der Waals surface area (Å²) in [6.07, 6.45) is 4.97. The average Bonchev–Trinajstić information content (AvgIpc) is 2.74. The fourth-order valence-corrected chi connectivity index (χ4v) is 4.54. The van der Waals surface area contributed by atoms with Crippen molar-refractivity contribution in [2.75, 3.05) is 39.3 Å². The number of amides is 1. The molecule has 2 aliphatic rings. The first-order valence-corrected chi connectivity index (χ1v) is 10.8. The van der Waals surface area contributed by atoms with Gasteiger partial charge in [-0.15, -0.1) is 0 Å². The number of carbonyl (C=O) groups is 1. The lowest BCUT2D eigenvalue weighted by molar-refractivity contribution is -0.135. The minimum atomic E-state index is 0.116. The van der Waals surface area contributed by atoms with Crippen LogP contribution in [0.25, 0.3) is 10.8 Å². The van der Waals surface area contributed by atoms with E-state index in [1.165, 1.54) is 37.7 Å². The highest BCUT2D eigenvalue weighted by atomic mass is 16.5. The van der Waals surface area contributed by atoms with Crippen LogP contribution in [0.3, 0.4) is 0 Å². The molecule has 2 aliphatic heterocycles. The summed E-state index contributed by atoms with van der Waals surface area (Å²) in [6, 6.07) is 14.2. The topological polar surface area (TPSA) is 32.8 Å². The van der Waals surface area contributed by atoms with Crippen molar-refractivity contribution in [3.05, 3.63) is 42.5 Å². The van der Waals surface area contributed by atoms with Crippen molar-refractivity contribution in [3.8, 4) is 5.75 Å². The molecule has 0 radical (unpaired) electrons. The number of nitrogens with zero attached hydrogens (tertiary/aromatic N) is 2. The van der Waals surface area contributed by atoms with E-state index in [4.69, 9.17) is 4.74 Å². The average molecular weight is 381 g/mol. The van der Waals surface area contributed by atoms with Gasteiger partial charge in [-0.1, -0.05) is 37.3 Å². The molecule has 2 heterocycles. The smallest absolute Gasteiger partial charge is 0.260 e. The zero-order chi connectivity index (χ0) is 19.3. The minimum Gasteiger partial charge on any atom is -0.484 e. The first-order valence-electron chi connectivity index (χ1n) is 10.8. The van der Waals surface area contributed by atoms with E-state index in [0.717, 1.165) is 43.1 Å². The number of piperidine rings is 2. The maximum atomic E-state index is 12.7. The van der Waals surface area contributed by atoms with Gasteiger partial charge in [-0.05, 0) is 73.5 Å². The highest BCUT2D eigenvalue weighted by molar-refractivity contribution is 5.84. The van der Waals surface area contributed by atoms with Crippen molar-refractivity contribution in [1.82, 2.24) is 9.80 Å². The standard InChI is InChI=1S/C24H32N2O2/c1-19-10-13-25(14-11-19)16-20-5-4-12-26(17-20)24(27)18-28-23-9-8-21-6-2-3-7-22(21)15-23/h2-3,6-9,15,19-20H,4-5,10-14,16-18H2,1H3. The molecule has 4 heteroatoms. The van der Waals surface area contributed by atoms with Crippen molar-refractivity contribution in [2.24, 2.45) is 11.8 Å². The Kier molecular flexibility index (Phi) is 6.16. The maximum Gasteiger partial charge on any atom is 0.260 e. The van der Waals surface area contributed by atoms with E-state index in [0.29, 0.717) is 5.92 Å². The molecule has 4 rings (SSSR count). The molecule has 2 aromatic rings. The maximum absolute atomic E-state index is 12.7. The number of hydrogen-bond acceptors (Lipinski definition) is 3. The highest BCUT2D eigenvalue weighted by Gasteiger charge is 2.26. The molecular formula is C24H32N2O2. The summed E-state index contributed by atoms with van der Waals surface area (Å²) in [5.41, 5.74) is 0. The van der Waals surface area contributed by atoms with Gasteiger partial charge in [-0.3, -0.25) is 4.79 Å². The van der Waals surface area contributed by atoms with Crippen LogP contribution >= 0.6 is 0 Å². The van der Waals surface area contributed by atoms with Crippen LogP contribution < -0.4 is 4.74 Å². The van der Waals surface area contributed by atoms with E-state index in [1.807, 2.05) is 35.2 Å². The van der Waals surface area contributed by atoms with Crippen LogP contribution in [0.1, 0.15) is 32.6 Å². The second-order valence-corrected chi connectivity index (χ2v) is 8.63. The van der Waals surface area contributed by atoms with Crippen LogP contribution in [0.15, 0.2) is 42.5 Å². The van der Waals surface area contributed by atoms with E-state index in [1.54, 1.807) is 0 Å². The van der Waals surface area contributed by atoms with Gasteiger partial charge >= 0.3 is 0 Å². The Labute approximate surface area is 168 Å². The van der Waals surface area contributed by atoms with Gasteiger partial charge in [0, 0.05) is 19.6 Å². The lowest BCUT2D eigenvalue weighted by atomic mass is 9.94. The molecule has 1 atom stereocenters. The predicted octanol–water partition coefficient (Wildman–Crippen LogP) is 4.19. The number of ether oxygens (including phenoxy) is 1. The third-order valence-corrected chi connectivity index (χ3v) is 6.35. The normalized spacial score (nSPS) is 21.8. The third-order valence-electron chi connectivity index (χ3n) is 6.35. The second kappa shape index (κ2) is 8.95. The van der Waals surface area contributed by atoms with Crippen molar-refractivity contribution >= 4 is 16.7 Å². The van der Waals surface area contributed by atoms with Crippen LogP contribution in [-0.4, -0.2) is 55.0 Å². The zero-order valence-electron chi connectivity index (χ0n) is 17.0. The molecule has 0 bridgehead atoms. The van der Waals surface area contributed by atoms with Crippen LogP contribution in [-0.2, 0) is 4.79 Å². The van der Waals surface area contributed by atoms with Crippen LogP contribution in [0, 0.1) is 11.8 Å². The molecule has 1 unspecified atom stereocenters. The number of rotatable bonds is 5. The Morgan fingerprint density at radius 2 is 1.82 bits per heavy atom. The van der Waals surface area contributed by atoms with E-state index in [2.05, 4.69) is 24.0 Å². The Bertz CT molecular complexity index is 798. The summed E-state index contributed by atoms with van der Waals surface area (Å²) in [5, 5.41) is 2.33. The number of benzene rings is 2. The van der Waals surface area contributed by atoms with Crippen LogP contribution in [0.4, 0.5) is 0 Å². The monoisotopic (exact) mass is 380 g/mol. The summed E-state index contributed by atoms with van der Waals surface area (Å²) in [7, 11) is 0. The lowest BCUT2D eigenvalue weighted by Crippen LogP contribution is -2.46. The molecule has 2 aromatic carbocycles. The van der Waals surface area contributed by atoms with Gasteiger partial charge in [0.25, 0.3) is 5.91 Å². The van der Waals surface area contributed by atoms with Crippen LogP contribution in [0.5, 0.6) is 5.75 Å². The fraction of sp³-hybridized carbons (Fsp3) is 0.542. The SMILES string of the molecule is CC1CCN(CC2CCCN(C(=O)COc3ccc4ccccc4c3)C2)CC1. The summed E-state index contributed by atoms with van der Waals surface area (Å²) >= 11 is 0. The van der Waals surface area contributed by atoms with Gasteiger partial charge in [0.1, 0.15) is 5.75 Å². The van der Waals surface area contributed by atoms with Gasteiger partial charge in [0.2, 0.25) is 0 Å². The number of likely N-dealkylation sites (tertiary alicyclic amines) is 2. The molecule has 0 aromatic heterocycles. The van der Waals surface area contributed by atoms with E-state index < -0.39 is 0 Å². The predicted molar refractivity (Wildman–Crippen MR) is 114 cm³/mol. The Morgan fingerprint density at radius 1 is 1.04 bits per heavy atom. The van der Waals surface area contributed by atoms with Gasteiger partial charge in [0.05, 0.1) is 0 Å². The highest BCUT2D eigenvalue weighted by Crippen LogP contribution is 2.23. The van der Waals surface area contributed by atoms with Gasteiger partial charge in [-0.2, -0.15) is 0 Å². The van der Waals surface area contributed by atoms with Crippen molar-refractivity contribution in [3.63, 3.8) is 0 Å². The first-order chi connectivity index (χ1) is 13.7. The molecule has 2 fully saturated rings. The Morgan fingerprint density at radius 3 is 2.64 bits per heavy atom. The van der Waals surface area contributed by atoms with Crippen LogP contribution in [0.2, 0.25) is 0 Å². The van der Waals surface area contributed by atoms with E-state index >= 15 is 0 Å². The number of carbonyl (C=O) groups excluding carboxylic acids is 1. The third kappa shape index (κ3) is 4.85. The summed E-state index contributed by atoms with van der Waals surface area (Å²) in [4.78, 5) is 17.3. The van der Waals surface area contributed by atoms with Gasteiger partial charge < -0.3 is 14.5 Å². The molecule has 0 aliphatic carbocycles. The largest absolute Gasteiger partial charge is 0.484 e. The zero-order valence-corrected chi connectivity index (χ0v) is 17.0. The molecular weight excluding hydrogens is 348 g/mol. The molecule has 0 N–H and O–H groups in total. The van der Waals surface area contributed by atoms with Crippen molar-refractivity contribution in [2.45, 2.75) is 32.6 Å². The van der Waals surface area contributed by atoms with Crippen molar-refractivity contribution < 1.29 is 9.53 Å². The molecule has 28 heavy (non-hydrogen) atoms. The molecule has 0 saturated carbocycles. The molecule has 2 saturated heterocycles.